The number of nitrogens with zero attached hydrogens (tertiary/aromatic N) is 1. The average molecular weight is 236 g/mol. The van der Waals surface area contributed by atoms with Crippen LogP contribution in [0.25, 0.3) is 0 Å². The number of likely N-dealkylation sites (N-methyl/N-ethyl adjacent to an activating group) is 2. The maximum absolute atomic E-state index is 11.5. The summed E-state index contributed by atoms with van der Waals surface area (Å²) >= 11 is 0. The number of aliphatic hydroxyl groups is 1. The molecule has 1 amide bonds. The second kappa shape index (κ2) is 6.25. The smallest absolute Gasteiger partial charge is 0.239 e. The third-order valence-electron chi connectivity index (χ3n) is 2.55. The molecule has 1 atom stereocenters. The highest BCUT2D eigenvalue weighted by Crippen LogP contribution is 2.24. The molecule has 2 N–H and O–H groups in total. The number of anilines is 1. The highest BCUT2D eigenvalue weighted by Gasteiger charge is 2.12. The van der Waals surface area contributed by atoms with E-state index in [4.69, 9.17) is 0 Å². The molecule has 0 aliphatic heterocycles. The molecule has 0 aromatic heterocycles. The van der Waals surface area contributed by atoms with Gasteiger partial charge in [0.1, 0.15) is 0 Å². The van der Waals surface area contributed by atoms with Gasteiger partial charge in [-0.3, -0.25) is 4.79 Å². The summed E-state index contributed by atoms with van der Waals surface area (Å²) in [5.74, 6) is -0.0182. The van der Waals surface area contributed by atoms with Crippen molar-refractivity contribution in [1.29, 1.82) is 0 Å². The molecule has 0 radical (unpaired) electrons. The van der Waals surface area contributed by atoms with Crippen LogP contribution in [0, 0.1) is 0 Å². The summed E-state index contributed by atoms with van der Waals surface area (Å²) in [5, 5.41) is 12.4. The summed E-state index contributed by atoms with van der Waals surface area (Å²) < 4.78 is 0. The van der Waals surface area contributed by atoms with E-state index in [-0.39, 0.29) is 12.5 Å². The van der Waals surface area contributed by atoms with Gasteiger partial charge < -0.3 is 15.3 Å². The van der Waals surface area contributed by atoms with E-state index >= 15 is 0 Å². The minimum atomic E-state index is -0.539. The number of benzene rings is 1. The van der Waals surface area contributed by atoms with Crippen LogP contribution in [0.2, 0.25) is 0 Å². The molecule has 1 aromatic carbocycles. The van der Waals surface area contributed by atoms with Crippen LogP contribution in [0.3, 0.4) is 0 Å². The van der Waals surface area contributed by atoms with E-state index in [2.05, 4.69) is 5.32 Å². The quantitative estimate of drug-likeness (QED) is 0.810. The second-order valence-corrected chi connectivity index (χ2v) is 4.04. The zero-order valence-electron chi connectivity index (χ0n) is 10.6. The van der Waals surface area contributed by atoms with Gasteiger partial charge in [-0.1, -0.05) is 18.2 Å². The van der Waals surface area contributed by atoms with Crippen molar-refractivity contribution < 1.29 is 9.90 Å². The van der Waals surface area contributed by atoms with Gasteiger partial charge in [0.05, 0.1) is 12.6 Å². The van der Waals surface area contributed by atoms with E-state index in [1.165, 1.54) is 0 Å². The Morgan fingerprint density at radius 3 is 2.71 bits per heavy atom. The molecule has 17 heavy (non-hydrogen) atoms. The lowest BCUT2D eigenvalue weighted by Crippen LogP contribution is -2.35. The molecule has 1 aromatic rings. The van der Waals surface area contributed by atoms with Crippen molar-refractivity contribution in [2.75, 3.05) is 25.0 Å². The van der Waals surface area contributed by atoms with Crippen LogP contribution in [0.1, 0.15) is 25.5 Å². The van der Waals surface area contributed by atoms with E-state index < -0.39 is 6.10 Å². The number of carbonyl (C=O) groups excluding carboxylic acids is 1. The molecule has 0 saturated heterocycles. The summed E-state index contributed by atoms with van der Waals surface area (Å²) in [5.41, 5.74) is 1.72. The van der Waals surface area contributed by atoms with Gasteiger partial charge in [0.25, 0.3) is 0 Å². The number of carbonyl (C=O) groups is 1. The Hall–Kier alpha value is -1.55. The predicted molar refractivity (Wildman–Crippen MR) is 69.0 cm³/mol. The van der Waals surface area contributed by atoms with Crippen molar-refractivity contribution in [3.63, 3.8) is 0 Å². The Kier molecular flexibility index (Phi) is 4.97. The fraction of sp³-hybridized carbons (Fsp3) is 0.462. The van der Waals surface area contributed by atoms with Crippen LogP contribution >= 0.6 is 0 Å². The molecule has 0 saturated carbocycles. The lowest BCUT2D eigenvalue weighted by Gasteiger charge is -2.22. The molecule has 4 nitrogen and oxygen atoms in total. The normalized spacial score (nSPS) is 12.0. The zero-order valence-corrected chi connectivity index (χ0v) is 10.6. The molecular weight excluding hydrogens is 216 g/mol. The first-order valence-electron chi connectivity index (χ1n) is 5.81. The van der Waals surface area contributed by atoms with Gasteiger partial charge in [0, 0.05) is 24.8 Å². The summed E-state index contributed by atoms with van der Waals surface area (Å²) in [7, 11) is 1.84. The molecule has 94 valence electrons. The zero-order chi connectivity index (χ0) is 12.8. The van der Waals surface area contributed by atoms with E-state index in [0.717, 1.165) is 11.3 Å². The molecule has 0 aliphatic carbocycles. The highest BCUT2D eigenvalue weighted by molar-refractivity contribution is 5.81. The molecule has 0 bridgehead atoms. The fourth-order valence-electron chi connectivity index (χ4n) is 1.74. The fourth-order valence-corrected chi connectivity index (χ4v) is 1.74. The summed E-state index contributed by atoms with van der Waals surface area (Å²) in [6.45, 7) is 4.53. The predicted octanol–water partition coefficient (Wildman–Crippen LogP) is 1.31. The maximum atomic E-state index is 11.5. The van der Waals surface area contributed by atoms with Crippen molar-refractivity contribution in [3.05, 3.63) is 29.8 Å². The number of para-hydroxylation sites is 1. The summed E-state index contributed by atoms with van der Waals surface area (Å²) in [6, 6.07) is 7.55. The molecule has 0 aliphatic rings. The molecule has 1 rings (SSSR count). The van der Waals surface area contributed by atoms with Gasteiger partial charge in [-0.15, -0.1) is 0 Å². The standard InChI is InChI=1S/C13H20N2O2/c1-4-14-13(17)9-15(3)12-8-6-5-7-11(12)10(2)16/h5-8,10,16H,4,9H2,1-3H3,(H,14,17)/t10-/m0/s1. The lowest BCUT2D eigenvalue weighted by atomic mass is 10.1. The minimum Gasteiger partial charge on any atom is -0.389 e. The molecule has 0 fully saturated rings. The van der Waals surface area contributed by atoms with Crippen molar-refractivity contribution in [2.45, 2.75) is 20.0 Å². The Morgan fingerprint density at radius 1 is 1.47 bits per heavy atom. The van der Waals surface area contributed by atoms with Crippen LogP contribution in [-0.4, -0.2) is 31.2 Å². The summed E-state index contributed by atoms with van der Waals surface area (Å²) in [4.78, 5) is 13.3. The Morgan fingerprint density at radius 2 is 2.12 bits per heavy atom. The number of nitrogens with one attached hydrogen (secondary N) is 1. The lowest BCUT2D eigenvalue weighted by molar-refractivity contribution is -0.119. The number of aliphatic hydroxyl groups excluding tert-OH is 1. The average Bonchev–Trinajstić information content (AvgIpc) is 2.29. The Bertz CT molecular complexity index is 377. The van der Waals surface area contributed by atoms with Gasteiger partial charge in [0.2, 0.25) is 5.91 Å². The van der Waals surface area contributed by atoms with Crippen LogP contribution in [0.4, 0.5) is 5.69 Å². The number of rotatable bonds is 5. The van der Waals surface area contributed by atoms with Crippen molar-refractivity contribution in [1.82, 2.24) is 5.32 Å². The Balaban J connectivity index is 2.81. The SMILES string of the molecule is CCNC(=O)CN(C)c1ccccc1[C@H](C)O. The second-order valence-electron chi connectivity index (χ2n) is 4.04. The number of hydrogen-bond acceptors (Lipinski definition) is 3. The number of hydrogen-bond donors (Lipinski definition) is 2. The topological polar surface area (TPSA) is 52.6 Å². The monoisotopic (exact) mass is 236 g/mol. The molecule has 0 unspecified atom stereocenters. The summed E-state index contributed by atoms with van der Waals surface area (Å²) in [6.07, 6.45) is -0.539. The van der Waals surface area contributed by atoms with Crippen molar-refractivity contribution >= 4 is 11.6 Å². The first-order chi connectivity index (χ1) is 8.06. The molecule has 0 spiro atoms. The van der Waals surface area contributed by atoms with E-state index in [0.29, 0.717) is 6.54 Å². The van der Waals surface area contributed by atoms with Gasteiger partial charge in [-0.25, -0.2) is 0 Å². The van der Waals surface area contributed by atoms with Gasteiger partial charge in [-0.05, 0) is 19.9 Å². The van der Waals surface area contributed by atoms with Crippen molar-refractivity contribution in [3.8, 4) is 0 Å². The highest BCUT2D eigenvalue weighted by atomic mass is 16.3. The van der Waals surface area contributed by atoms with Crippen LogP contribution in [-0.2, 0) is 4.79 Å². The van der Waals surface area contributed by atoms with E-state index in [1.54, 1.807) is 6.92 Å². The van der Waals surface area contributed by atoms with Gasteiger partial charge in [0.15, 0.2) is 0 Å². The van der Waals surface area contributed by atoms with Crippen LogP contribution in [0.5, 0.6) is 0 Å². The Labute approximate surface area is 102 Å². The van der Waals surface area contributed by atoms with E-state index in [1.807, 2.05) is 43.1 Å². The molecule has 4 heteroatoms. The third-order valence-corrected chi connectivity index (χ3v) is 2.55. The first-order valence-corrected chi connectivity index (χ1v) is 5.81. The van der Waals surface area contributed by atoms with E-state index in [9.17, 15) is 9.90 Å². The largest absolute Gasteiger partial charge is 0.389 e. The molecule has 0 heterocycles. The number of amides is 1. The van der Waals surface area contributed by atoms with Crippen molar-refractivity contribution in [2.24, 2.45) is 0 Å². The van der Waals surface area contributed by atoms with Crippen LogP contribution < -0.4 is 10.2 Å². The van der Waals surface area contributed by atoms with Gasteiger partial charge in [-0.2, -0.15) is 0 Å². The third kappa shape index (κ3) is 3.75. The van der Waals surface area contributed by atoms with Crippen LogP contribution in [0.15, 0.2) is 24.3 Å². The van der Waals surface area contributed by atoms with Gasteiger partial charge >= 0.3 is 0 Å². The molecular formula is C13H20N2O2. The minimum absolute atomic E-state index is 0.0182. The first kappa shape index (κ1) is 13.5. The maximum Gasteiger partial charge on any atom is 0.239 e.